The van der Waals surface area contributed by atoms with E-state index in [4.69, 9.17) is 4.42 Å². The lowest BCUT2D eigenvalue weighted by Crippen LogP contribution is -2.17. The highest BCUT2D eigenvalue weighted by atomic mass is 79.9. The molecule has 0 atom stereocenters. The highest BCUT2D eigenvalue weighted by Gasteiger charge is 2.09. The molecule has 0 fully saturated rings. The SMILES string of the molecule is O=C(NN=Cc1cc(Br)c(Br)o1)c1ccccc1O. The number of hydrogen-bond donors (Lipinski definition) is 2. The van der Waals surface area contributed by atoms with E-state index in [2.05, 4.69) is 42.4 Å². The van der Waals surface area contributed by atoms with Crippen molar-refractivity contribution in [1.29, 1.82) is 0 Å². The summed E-state index contributed by atoms with van der Waals surface area (Å²) >= 11 is 6.45. The van der Waals surface area contributed by atoms with E-state index in [0.717, 1.165) is 4.47 Å². The highest BCUT2D eigenvalue weighted by Crippen LogP contribution is 2.25. The first-order valence-electron chi connectivity index (χ1n) is 5.14. The van der Waals surface area contributed by atoms with E-state index in [9.17, 15) is 9.90 Å². The number of nitrogens with zero attached hydrogens (tertiary/aromatic N) is 1. The summed E-state index contributed by atoms with van der Waals surface area (Å²) in [7, 11) is 0. The second-order valence-electron chi connectivity index (χ2n) is 3.49. The van der Waals surface area contributed by atoms with Crippen molar-refractivity contribution in [2.75, 3.05) is 0 Å². The molecule has 0 saturated carbocycles. The first-order valence-corrected chi connectivity index (χ1v) is 6.73. The van der Waals surface area contributed by atoms with Crippen LogP contribution >= 0.6 is 31.9 Å². The Kier molecular flexibility index (Phi) is 4.39. The van der Waals surface area contributed by atoms with Gasteiger partial charge in [0, 0.05) is 6.07 Å². The predicted octanol–water partition coefficient (Wildman–Crippen LogP) is 3.27. The second-order valence-corrected chi connectivity index (χ2v) is 5.06. The van der Waals surface area contributed by atoms with Gasteiger partial charge in [0.2, 0.25) is 0 Å². The van der Waals surface area contributed by atoms with E-state index in [1.54, 1.807) is 18.2 Å². The molecule has 1 aromatic carbocycles. The van der Waals surface area contributed by atoms with Gasteiger partial charge in [-0.15, -0.1) is 0 Å². The van der Waals surface area contributed by atoms with Crippen molar-refractivity contribution in [1.82, 2.24) is 5.43 Å². The van der Waals surface area contributed by atoms with Crippen LogP contribution in [-0.4, -0.2) is 17.2 Å². The number of para-hydroxylation sites is 1. The molecule has 2 N–H and O–H groups in total. The number of hydrogen-bond acceptors (Lipinski definition) is 4. The molecule has 0 aliphatic carbocycles. The van der Waals surface area contributed by atoms with Gasteiger partial charge in [-0.25, -0.2) is 5.43 Å². The van der Waals surface area contributed by atoms with Crippen molar-refractivity contribution >= 4 is 44.0 Å². The summed E-state index contributed by atoms with van der Waals surface area (Å²) in [5.74, 6) is -0.131. The molecule has 2 rings (SSSR count). The summed E-state index contributed by atoms with van der Waals surface area (Å²) in [6, 6.07) is 7.91. The number of phenols is 1. The number of aromatic hydroxyl groups is 1. The normalized spacial score (nSPS) is 10.8. The zero-order valence-electron chi connectivity index (χ0n) is 9.43. The van der Waals surface area contributed by atoms with Gasteiger partial charge < -0.3 is 9.52 Å². The minimum atomic E-state index is -0.501. The monoisotopic (exact) mass is 386 g/mol. The number of amides is 1. The van der Waals surface area contributed by atoms with Crippen LogP contribution in [0.4, 0.5) is 0 Å². The molecule has 0 saturated heterocycles. The van der Waals surface area contributed by atoms with Crippen molar-refractivity contribution in [2.45, 2.75) is 0 Å². The Bertz CT molecular complexity index is 618. The molecule has 0 aliphatic heterocycles. The third-order valence-electron chi connectivity index (χ3n) is 2.17. The van der Waals surface area contributed by atoms with Crippen LogP contribution in [0.3, 0.4) is 0 Å². The topological polar surface area (TPSA) is 74.8 Å². The van der Waals surface area contributed by atoms with Crippen LogP contribution in [0.1, 0.15) is 16.1 Å². The first kappa shape index (κ1) is 13.8. The minimum absolute atomic E-state index is 0.0984. The Balaban J connectivity index is 2.03. The van der Waals surface area contributed by atoms with E-state index in [0.29, 0.717) is 10.4 Å². The van der Waals surface area contributed by atoms with Crippen molar-refractivity contribution < 1.29 is 14.3 Å². The molecule has 0 radical (unpaired) electrons. The average Bonchev–Trinajstić information content (AvgIpc) is 2.69. The molecule has 98 valence electrons. The number of carbonyl (C=O) groups excluding carboxylic acids is 1. The van der Waals surface area contributed by atoms with Crippen LogP contribution in [0.25, 0.3) is 0 Å². The lowest BCUT2D eigenvalue weighted by molar-refractivity contribution is 0.0952. The number of hydrazone groups is 1. The molecular weight excluding hydrogens is 380 g/mol. The Morgan fingerprint density at radius 1 is 1.37 bits per heavy atom. The smallest absolute Gasteiger partial charge is 0.275 e. The summed E-state index contributed by atoms with van der Waals surface area (Å²) in [5, 5.41) is 13.2. The summed E-state index contributed by atoms with van der Waals surface area (Å²) in [6.07, 6.45) is 1.35. The molecule has 0 unspecified atom stereocenters. The standard InChI is InChI=1S/C12H8Br2N2O3/c13-9-5-7(19-11(9)14)6-15-16-12(18)8-3-1-2-4-10(8)17/h1-6,17H,(H,16,18). The number of furan rings is 1. The molecule has 1 amide bonds. The van der Waals surface area contributed by atoms with Gasteiger partial charge in [0.1, 0.15) is 11.5 Å². The number of phenolic OH excluding ortho intramolecular Hbond substituents is 1. The maximum atomic E-state index is 11.7. The number of nitrogens with one attached hydrogen (secondary N) is 1. The van der Waals surface area contributed by atoms with E-state index in [-0.39, 0.29) is 11.3 Å². The van der Waals surface area contributed by atoms with E-state index in [1.807, 2.05) is 0 Å². The Hall–Kier alpha value is -1.60. The Labute approximate surface area is 125 Å². The molecule has 2 aromatic rings. The predicted molar refractivity (Wildman–Crippen MR) is 77.3 cm³/mol. The molecule has 7 heteroatoms. The summed E-state index contributed by atoms with van der Waals surface area (Å²) in [5.41, 5.74) is 2.45. The number of benzene rings is 1. The second kappa shape index (κ2) is 6.03. The van der Waals surface area contributed by atoms with Gasteiger partial charge >= 0.3 is 0 Å². The fourth-order valence-corrected chi connectivity index (χ4v) is 1.92. The summed E-state index contributed by atoms with van der Waals surface area (Å²) in [6.45, 7) is 0. The highest BCUT2D eigenvalue weighted by molar-refractivity contribution is 9.13. The molecule has 19 heavy (non-hydrogen) atoms. The van der Waals surface area contributed by atoms with Crippen LogP contribution < -0.4 is 5.43 Å². The lowest BCUT2D eigenvalue weighted by atomic mass is 10.2. The van der Waals surface area contributed by atoms with Crippen molar-refractivity contribution in [3.63, 3.8) is 0 Å². The quantitative estimate of drug-likeness (QED) is 0.626. The third kappa shape index (κ3) is 3.45. The van der Waals surface area contributed by atoms with Crippen molar-refractivity contribution in [3.8, 4) is 5.75 Å². The van der Waals surface area contributed by atoms with Gasteiger partial charge in [-0.3, -0.25) is 4.79 Å². The van der Waals surface area contributed by atoms with Gasteiger partial charge in [-0.1, -0.05) is 12.1 Å². The van der Waals surface area contributed by atoms with Crippen LogP contribution in [0, 0.1) is 0 Å². The molecule has 0 spiro atoms. The largest absolute Gasteiger partial charge is 0.507 e. The van der Waals surface area contributed by atoms with Crippen LogP contribution in [0.5, 0.6) is 5.75 Å². The minimum Gasteiger partial charge on any atom is -0.507 e. The number of carbonyl (C=O) groups is 1. The van der Waals surface area contributed by atoms with Gasteiger partial charge in [-0.05, 0) is 44.0 Å². The van der Waals surface area contributed by atoms with Gasteiger partial charge in [0.05, 0.1) is 16.3 Å². The van der Waals surface area contributed by atoms with Crippen molar-refractivity contribution in [3.05, 3.63) is 50.8 Å². The molecule has 1 aromatic heterocycles. The molecule has 5 nitrogen and oxygen atoms in total. The van der Waals surface area contributed by atoms with Crippen LogP contribution in [0.15, 0.2) is 49.0 Å². The first-order chi connectivity index (χ1) is 9.08. The number of rotatable bonds is 3. The van der Waals surface area contributed by atoms with Crippen LogP contribution in [0.2, 0.25) is 0 Å². The lowest BCUT2D eigenvalue weighted by Gasteiger charge is -2.01. The fourth-order valence-electron chi connectivity index (χ4n) is 1.31. The number of halogens is 2. The molecular formula is C12H8Br2N2O3. The molecule has 0 aliphatic rings. The van der Waals surface area contributed by atoms with Gasteiger partial charge in [0.15, 0.2) is 4.67 Å². The van der Waals surface area contributed by atoms with Gasteiger partial charge in [0.25, 0.3) is 5.91 Å². The third-order valence-corrected chi connectivity index (χ3v) is 3.88. The van der Waals surface area contributed by atoms with E-state index in [1.165, 1.54) is 18.3 Å². The Morgan fingerprint density at radius 2 is 2.11 bits per heavy atom. The fraction of sp³-hybridized carbons (Fsp3) is 0. The molecule has 0 bridgehead atoms. The summed E-state index contributed by atoms with van der Waals surface area (Å²) < 4.78 is 6.54. The zero-order chi connectivity index (χ0) is 13.8. The Morgan fingerprint density at radius 3 is 2.74 bits per heavy atom. The summed E-state index contributed by atoms with van der Waals surface area (Å²) in [4.78, 5) is 11.7. The van der Waals surface area contributed by atoms with Crippen LogP contribution in [-0.2, 0) is 0 Å². The van der Waals surface area contributed by atoms with E-state index < -0.39 is 5.91 Å². The molecule has 1 heterocycles. The van der Waals surface area contributed by atoms with Crippen molar-refractivity contribution in [2.24, 2.45) is 5.10 Å². The van der Waals surface area contributed by atoms with Gasteiger partial charge in [-0.2, -0.15) is 5.10 Å². The van der Waals surface area contributed by atoms with E-state index >= 15 is 0 Å². The maximum absolute atomic E-state index is 11.7. The maximum Gasteiger partial charge on any atom is 0.275 e. The zero-order valence-corrected chi connectivity index (χ0v) is 12.6. The average molecular weight is 388 g/mol.